The normalized spacial score (nSPS) is 16.7. The molecule has 0 saturated heterocycles. The Bertz CT molecular complexity index is 258. The van der Waals surface area contributed by atoms with E-state index in [9.17, 15) is 8.42 Å². The van der Waals surface area contributed by atoms with Gasteiger partial charge >= 0.3 is 0 Å². The molecule has 0 heterocycles. The number of hydrogen-bond donors (Lipinski definition) is 1. The quantitative estimate of drug-likeness (QED) is 0.686. The lowest BCUT2D eigenvalue weighted by Gasteiger charge is -2.16. The van der Waals surface area contributed by atoms with Crippen LogP contribution in [0.2, 0.25) is 0 Å². The first-order valence-corrected chi connectivity index (χ1v) is 7.46. The van der Waals surface area contributed by atoms with Crippen LogP contribution in [0.4, 0.5) is 0 Å². The number of hydrogen-bond acceptors (Lipinski definition) is 3. The zero-order valence-electron chi connectivity index (χ0n) is 10.4. The molecule has 0 rings (SSSR count). The van der Waals surface area contributed by atoms with Crippen molar-refractivity contribution in [2.24, 2.45) is 11.7 Å². The summed E-state index contributed by atoms with van der Waals surface area (Å²) in [5, 5.41) is -0.229. The van der Waals surface area contributed by atoms with Crippen LogP contribution in [0, 0.1) is 5.92 Å². The van der Waals surface area contributed by atoms with E-state index in [1.807, 2.05) is 20.8 Å². The van der Waals surface area contributed by atoms with Crippen molar-refractivity contribution in [3.8, 4) is 0 Å². The maximum Gasteiger partial charge on any atom is 0.153 e. The van der Waals surface area contributed by atoms with Gasteiger partial charge in [-0.3, -0.25) is 0 Å². The molecule has 2 atom stereocenters. The van der Waals surface area contributed by atoms with Crippen molar-refractivity contribution in [3.63, 3.8) is 0 Å². The average Bonchev–Trinajstić information content (AvgIpc) is 2.10. The third-order valence-electron chi connectivity index (χ3n) is 2.84. The largest absolute Gasteiger partial charge is 0.328 e. The third kappa shape index (κ3) is 6.15. The van der Waals surface area contributed by atoms with E-state index < -0.39 is 9.84 Å². The summed E-state index contributed by atoms with van der Waals surface area (Å²) in [6.45, 7) is 7.64. The van der Waals surface area contributed by atoms with Gasteiger partial charge in [0.05, 0.1) is 11.0 Å². The van der Waals surface area contributed by atoms with Gasteiger partial charge in [0.15, 0.2) is 9.84 Å². The second-order valence-electron chi connectivity index (χ2n) is 4.79. The molecule has 3 nitrogen and oxygen atoms in total. The molecular formula is C11H25NO2S. The molecule has 0 amide bonds. The van der Waals surface area contributed by atoms with Gasteiger partial charge in [-0.1, -0.05) is 20.3 Å². The molecule has 0 saturated carbocycles. The van der Waals surface area contributed by atoms with E-state index in [0.29, 0.717) is 5.75 Å². The predicted octanol–water partition coefficient (Wildman–Crippen LogP) is 1.96. The highest BCUT2D eigenvalue weighted by Gasteiger charge is 2.22. The van der Waals surface area contributed by atoms with Gasteiger partial charge in [-0.15, -0.1) is 0 Å². The molecule has 0 fully saturated rings. The summed E-state index contributed by atoms with van der Waals surface area (Å²) >= 11 is 0. The van der Waals surface area contributed by atoms with Crippen molar-refractivity contribution >= 4 is 9.84 Å². The van der Waals surface area contributed by atoms with Crippen molar-refractivity contribution in [3.05, 3.63) is 0 Å². The summed E-state index contributed by atoms with van der Waals surface area (Å²) in [6.07, 6.45) is 2.55. The lowest BCUT2D eigenvalue weighted by Crippen LogP contribution is -2.26. The van der Waals surface area contributed by atoms with E-state index in [-0.39, 0.29) is 17.2 Å². The average molecular weight is 235 g/mol. The first kappa shape index (κ1) is 14.9. The fourth-order valence-electron chi connectivity index (χ4n) is 1.37. The van der Waals surface area contributed by atoms with Crippen LogP contribution in [-0.2, 0) is 9.84 Å². The van der Waals surface area contributed by atoms with Gasteiger partial charge in [-0.05, 0) is 32.6 Å². The van der Waals surface area contributed by atoms with Gasteiger partial charge in [-0.25, -0.2) is 8.42 Å². The summed E-state index contributed by atoms with van der Waals surface area (Å²) in [4.78, 5) is 0. The van der Waals surface area contributed by atoms with Crippen LogP contribution in [0.15, 0.2) is 0 Å². The van der Waals surface area contributed by atoms with Crippen molar-refractivity contribution in [2.45, 2.75) is 58.2 Å². The minimum absolute atomic E-state index is 0.176. The molecule has 2 unspecified atom stereocenters. The van der Waals surface area contributed by atoms with E-state index >= 15 is 0 Å². The zero-order valence-corrected chi connectivity index (χ0v) is 11.2. The first-order valence-electron chi connectivity index (χ1n) is 5.74. The number of sulfone groups is 1. The Hall–Kier alpha value is -0.0900. The van der Waals surface area contributed by atoms with E-state index in [0.717, 1.165) is 19.3 Å². The number of unbranched alkanes of at least 4 members (excludes halogenated alkanes) is 1. The Balaban J connectivity index is 3.95. The van der Waals surface area contributed by atoms with Gasteiger partial charge in [0.25, 0.3) is 0 Å². The van der Waals surface area contributed by atoms with Gasteiger partial charge in [0.1, 0.15) is 0 Å². The van der Waals surface area contributed by atoms with Crippen molar-refractivity contribution < 1.29 is 8.42 Å². The third-order valence-corrected chi connectivity index (χ3v) is 5.38. The van der Waals surface area contributed by atoms with Crippen molar-refractivity contribution in [1.82, 2.24) is 0 Å². The summed E-state index contributed by atoms with van der Waals surface area (Å²) < 4.78 is 23.6. The lowest BCUT2D eigenvalue weighted by atomic mass is 10.1. The molecule has 0 aromatic rings. The SMILES string of the molecule is CC(N)CCCCS(=O)(=O)C(C)C(C)C. The number of nitrogens with two attached hydrogens (primary N) is 1. The van der Waals surface area contributed by atoms with E-state index in [4.69, 9.17) is 5.73 Å². The molecular weight excluding hydrogens is 210 g/mol. The Kier molecular flexibility index (Phi) is 6.44. The molecule has 4 heteroatoms. The fraction of sp³-hybridized carbons (Fsp3) is 1.00. The molecule has 0 aromatic carbocycles. The van der Waals surface area contributed by atoms with Crippen LogP contribution in [0.25, 0.3) is 0 Å². The maximum atomic E-state index is 11.8. The topological polar surface area (TPSA) is 60.2 Å². The van der Waals surface area contributed by atoms with Crippen LogP contribution in [-0.4, -0.2) is 25.5 Å². The lowest BCUT2D eigenvalue weighted by molar-refractivity contribution is 0.539. The van der Waals surface area contributed by atoms with Gasteiger partial charge in [0.2, 0.25) is 0 Å². The summed E-state index contributed by atoms with van der Waals surface area (Å²) in [7, 11) is -2.90. The molecule has 0 aliphatic carbocycles. The van der Waals surface area contributed by atoms with Gasteiger partial charge < -0.3 is 5.73 Å². The minimum atomic E-state index is -2.90. The molecule has 2 N–H and O–H groups in total. The predicted molar refractivity (Wildman–Crippen MR) is 65.6 cm³/mol. The molecule has 0 spiro atoms. The second-order valence-corrected chi connectivity index (χ2v) is 7.27. The fourth-order valence-corrected chi connectivity index (χ4v) is 3.18. The molecule has 0 bridgehead atoms. The van der Waals surface area contributed by atoms with Crippen molar-refractivity contribution in [1.29, 1.82) is 0 Å². The minimum Gasteiger partial charge on any atom is -0.328 e. The van der Waals surface area contributed by atoms with E-state index in [2.05, 4.69) is 0 Å². The highest BCUT2D eigenvalue weighted by atomic mass is 32.2. The Morgan fingerprint density at radius 2 is 1.60 bits per heavy atom. The second kappa shape index (κ2) is 6.48. The molecule has 0 aromatic heterocycles. The molecule has 15 heavy (non-hydrogen) atoms. The van der Waals surface area contributed by atoms with Crippen LogP contribution in [0.5, 0.6) is 0 Å². The summed E-state index contributed by atoms with van der Waals surface area (Å²) in [6, 6.07) is 0.176. The maximum absolute atomic E-state index is 11.8. The summed E-state index contributed by atoms with van der Waals surface area (Å²) in [5.74, 6) is 0.502. The van der Waals surface area contributed by atoms with Gasteiger partial charge in [-0.2, -0.15) is 0 Å². The van der Waals surface area contributed by atoms with E-state index in [1.165, 1.54) is 0 Å². The smallest absolute Gasteiger partial charge is 0.153 e. The molecule has 0 aliphatic rings. The standard InChI is InChI=1S/C11H25NO2S/c1-9(2)11(4)15(13,14)8-6-5-7-10(3)12/h9-11H,5-8,12H2,1-4H3. The van der Waals surface area contributed by atoms with Gasteiger partial charge in [0, 0.05) is 6.04 Å². The zero-order chi connectivity index (χ0) is 12.1. The highest BCUT2D eigenvalue weighted by Crippen LogP contribution is 2.14. The summed E-state index contributed by atoms with van der Waals surface area (Å²) in [5.41, 5.74) is 5.60. The molecule has 92 valence electrons. The molecule has 0 aliphatic heterocycles. The first-order chi connectivity index (χ1) is 6.77. The molecule has 0 radical (unpaired) electrons. The van der Waals surface area contributed by atoms with Crippen LogP contribution < -0.4 is 5.73 Å². The van der Waals surface area contributed by atoms with E-state index in [1.54, 1.807) is 6.92 Å². The monoisotopic (exact) mass is 235 g/mol. The van der Waals surface area contributed by atoms with Crippen LogP contribution in [0.1, 0.15) is 47.0 Å². The van der Waals surface area contributed by atoms with Crippen LogP contribution >= 0.6 is 0 Å². The van der Waals surface area contributed by atoms with Crippen LogP contribution in [0.3, 0.4) is 0 Å². The Labute approximate surface area is 94.4 Å². The van der Waals surface area contributed by atoms with Crippen molar-refractivity contribution in [2.75, 3.05) is 5.75 Å². The Morgan fingerprint density at radius 3 is 2.00 bits per heavy atom. The number of rotatable bonds is 7. The Morgan fingerprint density at radius 1 is 1.07 bits per heavy atom. The highest BCUT2D eigenvalue weighted by molar-refractivity contribution is 7.92.